The minimum Gasteiger partial charge on any atom is -0.391 e. The number of aliphatic hydroxyl groups is 1. The molecule has 1 rings (SSSR count). The van der Waals surface area contributed by atoms with Gasteiger partial charge >= 0.3 is 0 Å². The molecule has 1 unspecified atom stereocenters. The highest BCUT2D eigenvalue weighted by Crippen LogP contribution is 2.05. The van der Waals surface area contributed by atoms with Gasteiger partial charge in [0.2, 0.25) is 0 Å². The first-order valence-corrected chi connectivity index (χ1v) is 4.16. The summed E-state index contributed by atoms with van der Waals surface area (Å²) >= 11 is 0. The van der Waals surface area contributed by atoms with Crippen LogP contribution < -0.4 is 5.73 Å². The highest BCUT2D eigenvalue weighted by molar-refractivity contribution is 5.85. The summed E-state index contributed by atoms with van der Waals surface area (Å²) in [5.74, 6) is 0. The molecule has 0 aromatic heterocycles. The average Bonchev–Trinajstić information content (AvgIpc) is 2.09. The average molecular weight is 202 g/mol. The number of benzene rings is 1. The minimum atomic E-state index is -0.410. The second kappa shape index (κ2) is 5.97. The van der Waals surface area contributed by atoms with Crippen LogP contribution in [-0.2, 0) is 6.42 Å². The van der Waals surface area contributed by atoms with Crippen LogP contribution >= 0.6 is 12.4 Å². The molecule has 0 saturated carbocycles. The summed E-state index contributed by atoms with van der Waals surface area (Å²) in [7, 11) is 0. The fraction of sp³-hybridized carbons (Fsp3) is 0.400. The van der Waals surface area contributed by atoms with Gasteiger partial charge in [0.05, 0.1) is 6.10 Å². The van der Waals surface area contributed by atoms with E-state index >= 15 is 0 Å². The highest BCUT2D eigenvalue weighted by Gasteiger charge is 2.01. The predicted octanol–water partition coefficient (Wildman–Crippen LogP) is 1.28. The summed E-state index contributed by atoms with van der Waals surface area (Å²) in [6.45, 7) is 2.37. The number of hydrogen-bond acceptors (Lipinski definition) is 2. The molecule has 13 heavy (non-hydrogen) atoms. The van der Waals surface area contributed by atoms with Crippen molar-refractivity contribution in [3.63, 3.8) is 0 Å². The van der Waals surface area contributed by atoms with Crippen LogP contribution in [0.4, 0.5) is 0 Å². The lowest BCUT2D eigenvalue weighted by Gasteiger charge is -2.07. The maximum Gasteiger partial charge on any atom is 0.0702 e. The molecule has 0 aliphatic heterocycles. The van der Waals surface area contributed by atoms with E-state index in [1.165, 1.54) is 5.56 Å². The Hall–Kier alpha value is -0.570. The van der Waals surface area contributed by atoms with Gasteiger partial charge in [0, 0.05) is 6.54 Å². The van der Waals surface area contributed by atoms with Crippen LogP contribution in [0.15, 0.2) is 24.3 Å². The van der Waals surface area contributed by atoms with Gasteiger partial charge in [-0.25, -0.2) is 0 Å². The van der Waals surface area contributed by atoms with Gasteiger partial charge in [-0.2, -0.15) is 0 Å². The van der Waals surface area contributed by atoms with Gasteiger partial charge in [0.25, 0.3) is 0 Å². The summed E-state index contributed by atoms with van der Waals surface area (Å²) in [5, 5.41) is 9.26. The number of rotatable bonds is 3. The van der Waals surface area contributed by atoms with Crippen molar-refractivity contribution in [1.29, 1.82) is 0 Å². The molecule has 0 aliphatic carbocycles. The lowest BCUT2D eigenvalue weighted by atomic mass is 10.1. The van der Waals surface area contributed by atoms with Crippen molar-refractivity contribution < 1.29 is 5.11 Å². The third kappa shape index (κ3) is 4.27. The highest BCUT2D eigenvalue weighted by atomic mass is 35.5. The topological polar surface area (TPSA) is 46.2 Å². The monoisotopic (exact) mass is 201 g/mol. The van der Waals surface area contributed by atoms with E-state index in [-0.39, 0.29) is 12.4 Å². The summed E-state index contributed by atoms with van der Waals surface area (Å²) in [6, 6.07) is 8.12. The van der Waals surface area contributed by atoms with Crippen LogP contribution in [0.3, 0.4) is 0 Å². The van der Waals surface area contributed by atoms with Gasteiger partial charge in [-0.15, -0.1) is 12.4 Å². The molecule has 74 valence electrons. The lowest BCUT2D eigenvalue weighted by Crippen LogP contribution is -2.21. The Morgan fingerprint density at radius 1 is 1.31 bits per heavy atom. The van der Waals surface area contributed by atoms with Crippen LogP contribution in [-0.4, -0.2) is 17.8 Å². The van der Waals surface area contributed by atoms with Gasteiger partial charge in [-0.05, 0) is 18.9 Å². The first-order chi connectivity index (χ1) is 5.72. The second-order valence-corrected chi connectivity index (χ2v) is 3.08. The van der Waals surface area contributed by atoms with E-state index in [4.69, 9.17) is 5.73 Å². The summed E-state index contributed by atoms with van der Waals surface area (Å²) < 4.78 is 0. The minimum absolute atomic E-state index is 0. The number of aryl methyl sites for hydroxylation is 1. The fourth-order valence-corrected chi connectivity index (χ4v) is 1.08. The molecule has 0 saturated heterocycles. The molecule has 0 bridgehead atoms. The smallest absolute Gasteiger partial charge is 0.0702 e. The van der Waals surface area contributed by atoms with Crippen LogP contribution in [0, 0.1) is 6.92 Å². The van der Waals surface area contributed by atoms with E-state index in [1.54, 1.807) is 0 Å². The Labute approximate surface area is 85.2 Å². The van der Waals surface area contributed by atoms with Gasteiger partial charge in [0.1, 0.15) is 0 Å². The quantitative estimate of drug-likeness (QED) is 0.774. The Balaban J connectivity index is 0.00000144. The maximum atomic E-state index is 9.26. The zero-order valence-corrected chi connectivity index (χ0v) is 8.55. The van der Waals surface area contributed by atoms with Crippen LogP contribution in [0.25, 0.3) is 0 Å². The zero-order chi connectivity index (χ0) is 8.97. The molecule has 0 aliphatic rings. The molecule has 0 fully saturated rings. The normalized spacial score (nSPS) is 11.9. The third-order valence-corrected chi connectivity index (χ3v) is 1.86. The summed E-state index contributed by atoms with van der Waals surface area (Å²) in [6.07, 6.45) is 0.240. The molecule has 0 radical (unpaired) electrons. The zero-order valence-electron chi connectivity index (χ0n) is 7.73. The van der Waals surface area contributed by atoms with Crippen molar-refractivity contribution in [2.75, 3.05) is 6.54 Å². The van der Waals surface area contributed by atoms with Crippen molar-refractivity contribution in [3.8, 4) is 0 Å². The molecule has 0 amide bonds. The summed E-state index contributed by atoms with van der Waals surface area (Å²) in [5.41, 5.74) is 7.67. The lowest BCUT2D eigenvalue weighted by molar-refractivity contribution is 0.183. The van der Waals surface area contributed by atoms with Gasteiger partial charge < -0.3 is 10.8 Å². The molecule has 3 N–H and O–H groups in total. The number of aliphatic hydroxyl groups excluding tert-OH is 1. The van der Waals surface area contributed by atoms with Crippen molar-refractivity contribution in [1.82, 2.24) is 0 Å². The standard InChI is InChI=1S/C10H15NO.ClH/c1-8-2-4-9(5-3-8)6-10(12)7-11;/h2-5,10,12H,6-7,11H2,1H3;1H. The van der Waals surface area contributed by atoms with Crippen LogP contribution in [0.2, 0.25) is 0 Å². The predicted molar refractivity (Wildman–Crippen MR) is 57.2 cm³/mol. The molecule has 0 heterocycles. The van der Waals surface area contributed by atoms with E-state index in [2.05, 4.69) is 0 Å². The maximum absolute atomic E-state index is 9.26. The molecule has 0 spiro atoms. The number of nitrogens with two attached hydrogens (primary N) is 1. The van der Waals surface area contributed by atoms with Crippen LogP contribution in [0.1, 0.15) is 11.1 Å². The first-order valence-electron chi connectivity index (χ1n) is 4.16. The third-order valence-electron chi connectivity index (χ3n) is 1.86. The Morgan fingerprint density at radius 2 is 1.85 bits per heavy atom. The molecule has 1 aromatic carbocycles. The largest absolute Gasteiger partial charge is 0.391 e. The Bertz CT molecular complexity index is 235. The second-order valence-electron chi connectivity index (χ2n) is 3.08. The van der Waals surface area contributed by atoms with E-state index in [0.29, 0.717) is 13.0 Å². The fourth-order valence-electron chi connectivity index (χ4n) is 1.08. The van der Waals surface area contributed by atoms with E-state index in [9.17, 15) is 5.11 Å². The Kier molecular flexibility index (Phi) is 5.71. The molecule has 1 atom stereocenters. The molecule has 2 nitrogen and oxygen atoms in total. The van der Waals surface area contributed by atoms with Gasteiger partial charge in [-0.3, -0.25) is 0 Å². The van der Waals surface area contributed by atoms with Crippen molar-refractivity contribution >= 4 is 12.4 Å². The molecule has 1 aromatic rings. The van der Waals surface area contributed by atoms with E-state index in [0.717, 1.165) is 5.56 Å². The Morgan fingerprint density at radius 3 is 2.31 bits per heavy atom. The van der Waals surface area contributed by atoms with Gasteiger partial charge in [-0.1, -0.05) is 29.8 Å². The van der Waals surface area contributed by atoms with Crippen LogP contribution in [0.5, 0.6) is 0 Å². The molecule has 3 heteroatoms. The van der Waals surface area contributed by atoms with Crippen molar-refractivity contribution in [2.45, 2.75) is 19.4 Å². The number of halogens is 1. The van der Waals surface area contributed by atoms with Crippen molar-refractivity contribution in [3.05, 3.63) is 35.4 Å². The van der Waals surface area contributed by atoms with E-state index in [1.807, 2.05) is 31.2 Å². The van der Waals surface area contributed by atoms with Gasteiger partial charge in [0.15, 0.2) is 0 Å². The van der Waals surface area contributed by atoms with E-state index < -0.39 is 6.10 Å². The summed E-state index contributed by atoms with van der Waals surface area (Å²) in [4.78, 5) is 0. The molecular weight excluding hydrogens is 186 g/mol. The molecular formula is C10H16ClNO. The SMILES string of the molecule is Cc1ccc(CC(O)CN)cc1.Cl. The first kappa shape index (κ1) is 12.4. The van der Waals surface area contributed by atoms with Crippen molar-refractivity contribution in [2.24, 2.45) is 5.73 Å². The number of hydrogen-bond donors (Lipinski definition) is 2.